The lowest BCUT2D eigenvalue weighted by Gasteiger charge is -2.33. The van der Waals surface area contributed by atoms with Crippen LogP contribution in [0.25, 0.3) is 0 Å². The number of halogens is 1. The molecular weight excluding hydrogens is 151 g/mol. The summed E-state index contributed by atoms with van der Waals surface area (Å²) in [5.41, 5.74) is 0. The van der Waals surface area contributed by atoms with Crippen LogP contribution in [0.15, 0.2) is 0 Å². The number of alkyl halides is 1. The molecule has 0 nitrogen and oxygen atoms in total. The zero-order valence-electron chi connectivity index (χ0n) is 8.52. The average Bonchev–Trinajstić information content (AvgIpc) is 2.03. The highest BCUT2D eigenvalue weighted by Gasteiger charge is 2.29. The van der Waals surface area contributed by atoms with Crippen molar-refractivity contribution in [1.82, 2.24) is 0 Å². The molecule has 1 aliphatic carbocycles. The molecule has 1 fully saturated rings. The second-order valence-corrected chi connectivity index (χ2v) is 4.58. The predicted octanol–water partition coefficient (Wildman–Crippen LogP) is 3.81. The third-order valence-corrected chi connectivity index (χ3v) is 3.30. The Kier molecular flexibility index (Phi) is 3.54. The van der Waals surface area contributed by atoms with Gasteiger partial charge < -0.3 is 0 Å². The number of hydrogen-bond donors (Lipinski definition) is 0. The van der Waals surface area contributed by atoms with E-state index in [1.165, 1.54) is 6.42 Å². The van der Waals surface area contributed by atoms with Crippen molar-refractivity contribution in [3.05, 3.63) is 0 Å². The van der Waals surface area contributed by atoms with Crippen LogP contribution in [-0.4, -0.2) is 6.17 Å². The Bertz CT molecular complexity index is 131. The molecule has 12 heavy (non-hydrogen) atoms. The fourth-order valence-corrected chi connectivity index (χ4v) is 2.28. The summed E-state index contributed by atoms with van der Waals surface area (Å²) < 4.78 is 13.2. The van der Waals surface area contributed by atoms with Crippen molar-refractivity contribution in [2.75, 3.05) is 0 Å². The van der Waals surface area contributed by atoms with Crippen LogP contribution in [0.2, 0.25) is 0 Å². The monoisotopic (exact) mass is 172 g/mol. The molecule has 0 aliphatic heterocycles. The van der Waals surface area contributed by atoms with E-state index in [0.29, 0.717) is 17.8 Å². The summed E-state index contributed by atoms with van der Waals surface area (Å²) in [4.78, 5) is 0. The van der Waals surface area contributed by atoms with Gasteiger partial charge in [0, 0.05) is 0 Å². The van der Waals surface area contributed by atoms with Gasteiger partial charge in [-0.15, -0.1) is 0 Å². The van der Waals surface area contributed by atoms with Crippen molar-refractivity contribution in [1.29, 1.82) is 0 Å². The zero-order valence-corrected chi connectivity index (χ0v) is 8.52. The van der Waals surface area contributed by atoms with Crippen LogP contribution >= 0.6 is 0 Å². The minimum absolute atomic E-state index is 0.518. The molecule has 0 heterocycles. The molecule has 0 aromatic rings. The topological polar surface area (TPSA) is 0 Å². The van der Waals surface area contributed by atoms with Crippen molar-refractivity contribution in [3.63, 3.8) is 0 Å². The highest BCUT2D eigenvalue weighted by molar-refractivity contribution is 4.79. The van der Waals surface area contributed by atoms with Gasteiger partial charge in [-0.05, 0) is 37.0 Å². The average molecular weight is 172 g/mol. The summed E-state index contributed by atoms with van der Waals surface area (Å²) in [6.07, 6.45) is 3.53. The Morgan fingerprint density at radius 1 is 1.25 bits per heavy atom. The van der Waals surface area contributed by atoms with Crippen LogP contribution in [0.4, 0.5) is 4.39 Å². The third-order valence-electron chi connectivity index (χ3n) is 3.30. The fourth-order valence-electron chi connectivity index (χ4n) is 2.28. The van der Waals surface area contributed by atoms with Crippen LogP contribution in [0.5, 0.6) is 0 Å². The lowest BCUT2D eigenvalue weighted by molar-refractivity contribution is 0.119. The van der Waals surface area contributed by atoms with Crippen molar-refractivity contribution in [2.45, 2.75) is 52.6 Å². The minimum atomic E-state index is -0.518. The van der Waals surface area contributed by atoms with Crippen LogP contribution < -0.4 is 0 Å². The second-order valence-electron chi connectivity index (χ2n) is 4.58. The van der Waals surface area contributed by atoms with Crippen LogP contribution in [0.3, 0.4) is 0 Å². The summed E-state index contributed by atoms with van der Waals surface area (Å²) in [5.74, 6) is 1.96. The number of rotatable bonds is 2. The summed E-state index contributed by atoms with van der Waals surface area (Å²) in [5, 5.41) is 0. The van der Waals surface area contributed by atoms with E-state index in [1.807, 2.05) is 0 Å². The lowest BCUT2D eigenvalue weighted by atomic mass is 9.74. The molecule has 1 heteroatoms. The maximum absolute atomic E-state index is 13.2. The molecule has 1 aliphatic rings. The molecule has 0 spiro atoms. The van der Waals surface area contributed by atoms with Gasteiger partial charge in [-0.25, -0.2) is 4.39 Å². The SMILES string of the molecule is CC[C@H]1C[C@@H](F)C[C@@H](C(C)C)C1. The Balaban J connectivity index is 2.45. The summed E-state index contributed by atoms with van der Waals surface area (Å²) in [6, 6.07) is 0. The van der Waals surface area contributed by atoms with E-state index in [1.54, 1.807) is 0 Å². The van der Waals surface area contributed by atoms with Gasteiger partial charge >= 0.3 is 0 Å². The predicted molar refractivity (Wildman–Crippen MR) is 50.9 cm³/mol. The molecule has 0 N–H and O–H groups in total. The maximum Gasteiger partial charge on any atom is 0.101 e. The van der Waals surface area contributed by atoms with Gasteiger partial charge in [-0.1, -0.05) is 27.2 Å². The van der Waals surface area contributed by atoms with E-state index >= 15 is 0 Å². The molecule has 0 bridgehead atoms. The molecule has 0 saturated heterocycles. The van der Waals surface area contributed by atoms with Gasteiger partial charge in [0.2, 0.25) is 0 Å². The molecular formula is C11H21F. The standard InChI is InChI=1S/C11H21F/c1-4-9-5-10(8(2)3)7-11(12)6-9/h8-11H,4-7H2,1-3H3/t9-,10+,11-/m1/s1. The Morgan fingerprint density at radius 3 is 2.42 bits per heavy atom. The maximum atomic E-state index is 13.2. The first-order valence-electron chi connectivity index (χ1n) is 5.27. The first-order chi connectivity index (χ1) is 5.63. The van der Waals surface area contributed by atoms with E-state index in [2.05, 4.69) is 20.8 Å². The molecule has 0 unspecified atom stereocenters. The smallest absolute Gasteiger partial charge is 0.101 e. The second kappa shape index (κ2) is 4.25. The van der Waals surface area contributed by atoms with Crippen LogP contribution in [0.1, 0.15) is 46.5 Å². The lowest BCUT2D eigenvalue weighted by Crippen LogP contribution is -2.26. The molecule has 0 amide bonds. The number of hydrogen-bond acceptors (Lipinski definition) is 0. The minimum Gasteiger partial charge on any atom is -0.247 e. The van der Waals surface area contributed by atoms with Crippen LogP contribution in [-0.2, 0) is 0 Å². The third kappa shape index (κ3) is 2.46. The van der Waals surface area contributed by atoms with E-state index in [0.717, 1.165) is 19.3 Å². The largest absolute Gasteiger partial charge is 0.247 e. The van der Waals surface area contributed by atoms with Gasteiger partial charge in [0.15, 0.2) is 0 Å². The zero-order chi connectivity index (χ0) is 9.14. The van der Waals surface area contributed by atoms with Gasteiger partial charge in [0.1, 0.15) is 6.17 Å². The first kappa shape index (κ1) is 10.0. The van der Waals surface area contributed by atoms with Crippen molar-refractivity contribution in [3.8, 4) is 0 Å². The van der Waals surface area contributed by atoms with Crippen molar-refractivity contribution in [2.24, 2.45) is 17.8 Å². The van der Waals surface area contributed by atoms with Crippen molar-refractivity contribution >= 4 is 0 Å². The normalized spacial score (nSPS) is 37.2. The van der Waals surface area contributed by atoms with E-state index in [4.69, 9.17) is 0 Å². The Morgan fingerprint density at radius 2 is 1.92 bits per heavy atom. The first-order valence-corrected chi connectivity index (χ1v) is 5.27. The van der Waals surface area contributed by atoms with Gasteiger partial charge in [0.25, 0.3) is 0 Å². The van der Waals surface area contributed by atoms with Gasteiger partial charge in [-0.2, -0.15) is 0 Å². The molecule has 0 aromatic heterocycles. The molecule has 3 atom stereocenters. The fraction of sp³-hybridized carbons (Fsp3) is 1.00. The molecule has 72 valence electrons. The van der Waals surface area contributed by atoms with E-state index < -0.39 is 6.17 Å². The quantitative estimate of drug-likeness (QED) is 0.594. The van der Waals surface area contributed by atoms with E-state index in [9.17, 15) is 4.39 Å². The van der Waals surface area contributed by atoms with Gasteiger partial charge in [0.05, 0.1) is 0 Å². The van der Waals surface area contributed by atoms with Gasteiger partial charge in [-0.3, -0.25) is 0 Å². The van der Waals surface area contributed by atoms with Crippen molar-refractivity contribution < 1.29 is 4.39 Å². The summed E-state index contributed by atoms with van der Waals surface area (Å²) >= 11 is 0. The molecule has 1 rings (SSSR count). The Hall–Kier alpha value is -0.0700. The molecule has 0 aromatic carbocycles. The van der Waals surface area contributed by atoms with E-state index in [-0.39, 0.29) is 0 Å². The highest BCUT2D eigenvalue weighted by atomic mass is 19.1. The van der Waals surface area contributed by atoms with Crippen LogP contribution in [0, 0.1) is 17.8 Å². The summed E-state index contributed by atoms with van der Waals surface area (Å²) in [7, 11) is 0. The Labute approximate surface area is 75.5 Å². The molecule has 1 saturated carbocycles. The highest BCUT2D eigenvalue weighted by Crippen LogP contribution is 2.36. The molecule has 0 radical (unpaired) electrons. The summed E-state index contributed by atoms with van der Waals surface area (Å²) in [6.45, 7) is 6.62.